The van der Waals surface area contributed by atoms with E-state index in [-0.39, 0.29) is 0 Å². The number of nitrogens with one attached hydrogen (secondary N) is 1. The lowest BCUT2D eigenvalue weighted by Gasteiger charge is -2.33. The van der Waals surface area contributed by atoms with Crippen LogP contribution in [0.25, 0.3) is 0 Å². The highest BCUT2D eigenvalue weighted by molar-refractivity contribution is 6.34. The molecule has 1 fully saturated rings. The number of likely N-dealkylation sites (tertiary alicyclic amines) is 1. The highest BCUT2D eigenvalue weighted by atomic mass is 16.5. The van der Waals surface area contributed by atoms with E-state index in [1.165, 1.54) is 11.1 Å². The van der Waals surface area contributed by atoms with Crippen molar-refractivity contribution in [3.05, 3.63) is 28.8 Å². The number of carbonyl (C=O) groups is 2. The number of nitrogens with two attached hydrogens (primary N) is 1. The number of benzene rings is 1. The normalized spacial score (nSPS) is 18.2. The highest BCUT2D eigenvalue weighted by Gasteiger charge is 2.22. The Labute approximate surface area is 143 Å². The van der Waals surface area contributed by atoms with E-state index >= 15 is 0 Å². The van der Waals surface area contributed by atoms with Crippen LogP contribution in [-0.4, -0.2) is 43.5 Å². The summed E-state index contributed by atoms with van der Waals surface area (Å²) in [5.74, 6) is -0.352. The largest absolute Gasteiger partial charge is 0.496 e. The van der Waals surface area contributed by atoms with Gasteiger partial charge in [0.25, 0.3) is 0 Å². The number of hydrogen-bond acceptors (Lipinski definition) is 4. The number of ether oxygens (including phenoxy) is 1. The lowest BCUT2D eigenvalue weighted by Crippen LogP contribution is -2.43. The Morgan fingerprint density at radius 3 is 2.79 bits per heavy atom. The van der Waals surface area contributed by atoms with E-state index < -0.39 is 11.8 Å². The predicted molar refractivity (Wildman–Crippen MR) is 92.7 cm³/mol. The smallest absolute Gasteiger partial charge is 0.309 e. The van der Waals surface area contributed by atoms with Crippen LogP contribution in [-0.2, 0) is 16.1 Å². The number of nitrogens with zero attached hydrogens (tertiary/aromatic N) is 1. The van der Waals surface area contributed by atoms with Crippen molar-refractivity contribution in [1.29, 1.82) is 0 Å². The van der Waals surface area contributed by atoms with Gasteiger partial charge in [0.2, 0.25) is 0 Å². The maximum absolute atomic E-state index is 11.3. The monoisotopic (exact) mass is 333 g/mol. The summed E-state index contributed by atoms with van der Waals surface area (Å²) in [4.78, 5) is 24.5. The van der Waals surface area contributed by atoms with Crippen LogP contribution in [0, 0.1) is 19.8 Å². The molecule has 1 aromatic carbocycles. The quantitative estimate of drug-likeness (QED) is 0.791. The summed E-state index contributed by atoms with van der Waals surface area (Å²) < 4.78 is 5.57. The minimum atomic E-state index is -0.928. The number of hydrogen-bond donors (Lipinski definition) is 2. The summed E-state index contributed by atoms with van der Waals surface area (Å²) in [6, 6.07) is 4.30. The van der Waals surface area contributed by atoms with E-state index in [1.54, 1.807) is 7.11 Å². The molecule has 1 heterocycles. The van der Waals surface area contributed by atoms with Crippen LogP contribution in [0.4, 0.5) is 0 Å². The molecular weight excluding hydrogens is 306 g/mol. The number of primary amides is 1. The fourth-order valence-corrected chi connectivity index (χ4v) is 3.48. The molecular formula is C18H27N3O3. The molecule has 3 N–H and O–H groups in total. The molecule has 0 aliphatic carbocycles. The fraction of sp³-hybridized carbons (Fsp3) is 0.556. The van der Waals surface area contributed by atoms with Gasteiger partial charge in [0.15, 0.2) is 0 Å². The van der Waals surface area contributed by atoms with Crippen LogP contribution in [0.5, 0.6) is 5.75 Å². The first-order chi connectivity index (χ1) is 11.4. The molecule has 24 heavy (non-hydrogen) atoms. The van der Waals surface area contributed by atoms with Gasteiger partial charge in [0, 0.05) is 25.2 Å². The van der Waals surface area contributed by atoms with Gasteiger partial charge >= 0.3 is 11.8 Å². The van der Waals surface area contributed by atoms with Crippen LogP contribution in [0.2, 0.25) is 0 Å². The number of carbonyl (C=O) groups excluding carboxylic acids is 2. The molecule has 0 bridgehead atoms. The molecule has 1 saturated heterocycles. The third-order valence-corrected chi connectivity index (χ3v) is 4.47. The summed E-state index contributed by atoms with van der Waals surface area (Å²) in [6.45, 7) is 7.38. The van der Waals surface area contributed by atoms with Crippen LogP contribution < -0.4 is 15.8 Å². The number of aryl methyl sites for hydroxylation is 2. The summed E-state index contributed by atoms with van der Waals surface area (Å²) in [6.07, 6.45) is 2.11. The van der Waals surface area contributed by atoms with Gasteiger partial charge < -0.3 is 15.8 Å². The number of amides is 2. The van der Waals surface area contributed by atoms with Crippen molar-refractivity contribution < 1.29 is 14.3 Å². The van der Waals surface area contributed by atoms with E-state index in [9.17, 15) is 9.59 Å². The van der Waals surface area contributed by atoms with Crippen LogP contribution in [0.3, 0.4) is 0 Å². The first-order valence-electron chi connectivity index (χ1n) is 8.34. The Morgan fingerprint density at radius 2 is 2.12 bits per heavy atom. The van der Waals surface area contributed by atoms with Gasteiger partial charge in [-0.3, -0.25) is 14.5 Å². The van der Waals surface area contributed by atoms with Crippen LogP contribution in [0.1, 0.15) is 29.5 Å². The summed E-state index contributed by atoms with van der Waals surface area (Å²) in [7, 11) is 1.71. The Balaban J connectivity index is 1.98. The molecule has 1 atom stereocenters. The average Bonchev–Trinajstić information content (AvgIpc) is 2.52. The second-order valence-electron chi connectivity index (χ2n) is 6.59. The van der Waals surface area contributed by atoms with Gasteiger partial charge in [-0.2, -0.15) is 0 Å². The van der Waals surface area contributed by atoms with Gasteiger partial charge in [-0.25, -0.2) is 0 Å². The highest BCUT2D eigenvalue weighted by Crippen LogP contribution is 2.28. The maximum atomic E-state index is 11.3. The Bertz CT molecular complexity index is 616. The Hall–Kier alpha value is -2.08. The van der Waals surface area contributed by atoms with Gasteiger partial charge in [0.1, 0.15) is 5.75 Å². The minimum Gasteiger partial charge on any atom is -0.496 e. The molecule has 1 aliphatic heterocycles. The first kappa shape index (κ1) is 18.3. The molecule has 1 aromatic rings. The second-order valence-corrected chi connectivity index (χ2v) is 6.59. The van der Waals surface area contributed by atoms with Gasteiger partial charge in [0.05, 0.1) is 7.11 Å². The van der Waals surface area contributed by atoms with Gasteiger partial charge in [-0.15, -0.1) is 0 Å². The van der Waals surface area contributed by atoms with Gasteiger partial charge in [-0.1, -0.05) is 17.7 Å². The fourth-order valence-electron chi connectivity index (χ4n) is 3.48. The Morgan fingerprint density at radius 1 is 1.38 bits per heavy atom. The summed E-state index contributed by atoms with van der Waals surface area (Å²) >= 11 is 0. The van der Waals surface area contributed by atoms with E-state index in [2.05, 4.69) is 36.2 Å². The van der Waals surface area contributed by atoms with Crippen molar-refractivity contribution in [3.63, 3.8) is 0 Å². The molecule has 0 spiro atoms. The third-order valence-electron chi connectivity index (χ3n) is 4.47. The van der Waals surface area contributed by atoms with E-state index in [4.69, 9.17) is 10.5 Å². The first-order valence-corrected chi connectivity index (χ1v) is 8.34. The standard InChI is InChI=1S/C18H27N3O3/c1-12-7-13(2)16(24-3)15(8-12)11-21-6-4-5-14(10-21)9-20-18(23)17(19)22/h7-8,14H,4-6,9-11H2,1-3H3,(H2,19,22)(H,20,23)/t14-/m1/s1. The van der Waals surface area contributed by atoms with Crippen molar-refractivity contribution in [2.75, 3.05) is 26.7 Å². The topological polar surface area (TPSA) is 84.7 Å². The third kappa shape index (κ3) is 4.71. The zero-order valence-corrected chi connectivity index (χ0v) is 14.7. The van der Waals surface area contributed by atoms with Crippen LogP contribution in [0.15, 0.2) is 12.1 Å². The molecule has 0 aromatic heterocycles. The minimum absolute atomic E-state index is 0.332. The van der Waals surface area contributed by atoms with Gasteiger partial charge in [-0.05, 0) is 44.7 Å². The van der Waals surface area contributed by atoms with E-state index in [1.807, 2.05) is 0 Å². The molecule has 2 rings (SSSR count). The average molecular weight is 333 g/mol. The SMILES string of the molecule is COc1c(C)cc(C)cc1CN1CCC[C@H](CNC(=O)C(N)=O)C1. The predicted octanol–water partition coefficient (Wildman–Crippen LogP) is 1.13. The maximum Gasteiger partial charge on any atom is 0.309 e. The molecule has 6 heteroatoms. The van der Waals surface area contributed by atoms with Crippen molar-refractivity contribution in [1.82, 2.24) is 10.2 Å². The summed E-state index contributed by atoms with van der Waals surface area (Å²) in [5, 5.41) is 2.61. The molecule has 6 nitrogen and oxygen atoms in total. The van der Waals surface area contributed by atoms with Crippen molar-refractivity contribution in [2.45, 2.75) is 33.2 Å². The lowest BCUT2D eigenvalue weighted by molar-refractivity contribution is -0.137. The molecule has 0 unspecified atom stereocenters. The van der Waals surface area contributed by atoms with Crippen molar-refractivity contribution in [2.24, 2.45) is 11.7 Å². The molecule has 132 valence electrons. The van der Waals surface area contributed by atoms with E-state index in [0.717, 1.165) is 43.8 Å². The number of piperidine rings is 1. The second kappa shape index (κ2) is 8.15. The van der Waals surface area contributed by atoms with Crippen molar-refractivity contribution >= 4 is 11.8 Å². The zero-order chi connectivity index (χ0) is 17.7. The lowest BCUT2D eigenvalue weighted by atomic mass is 9.97. The summed E-state index contributed by atoms with van der Waals surface area (Å²) in [5.41, 5.74) is 8.53. The molecule has 1 aliphatic rings. The van der Waals surface area contributed by atoms with E-state index in [0.29, 0.717) is 12.5 Å². The van der Waals surface area contributed by atoms with Crippen molar-refractivity contribution in [3.8, 4) is 5.75 Å². The molecule has 0 radical (unpaired) electrons. The molecule has 2 amide bonds. The molecule has 0 saturated carbocycles. The zero-order valence-electron chi connectivity index (χ0n) is 14.7. The Kier molecular flexibility index (Phi) is 6.20. The number of rotatable bonds is 5. The van der Waals surface area contributed by atoms with Crippen LogP contribution >= 0.6 is 0 Å². The number of methoxy groups -OCH3 is 1.